The first-order valence-electron chi connectivity index (χ1n) is 5.99. The fraction of sp³-hybridized carbons (Fsp3) is 0.200. The van der Waals surface area contributed by atoms with E-state index in [2.05, 4.69) is 20.9 Å². The second-order valence-electron chi connectivity index (χ2n) is 4.31. The van der Waals surface area contributed by atoms with Crippen LogP contribution in [0.5, 0.6) is 0 Å². The molecule has 0 N–H and O–H groups in total. The van der Waals surface area contributed by atoms with Crippen molar-refractivity contribution in [1.29, 1.82) is 0 Å². The van der Waals surface area contributed by atoms with E-state index in [1.807, 2.05) is 12.1 Å². The molecule has 0 saturated heterocycles. The van der Waals surface area contributed by atoms with Gasteiger partial charge in [-0.3, -0.25) is 9.78 Å². The summed E-state index contributed by atoms with van der Waals surface area (Å²) in [5.74, 6) is -0.311. The van der Waals surface area contributed by atoms with Crippen LogP contribution in [0.25, 0.3) is 0 Å². The number of hydrogen-bond acceptors (Lipinski definition) is 2. The number of ketones is 1. The van der Waals surface area contributed by atoms with Gasteiger partial charge in [-0.2, -0.15) is 0 Å². The molecule has 0 fully saturated rings. The summed E-state index contributed by atoms with van der Waals surface area (Å²) in [5, 5.41) is 0. The van der Waals surface area contributed by atoms with E-state index in [1.54, 1.807) is 24.5 Å². The van der Waals surface area contributed by atoms with E-state index in [-0.39, 0.29) is 18.0 Å². The second kappa shape index (κ2) is 6.57. The van der Waals surface area contributed by atoms with Crippen molar-refractivity contribution in [3.63, 3.8) is 0 Å². The number of carbonyl (C=O) groups excluding carboxylic acids is 1. The van der Waals surface area contributed by atoms with Gasteiger partial charge in [0.05, 0.1) is 0 Å². The van der Waals surface area contributed by atoms with Crippen LogP contribution >= 0.6 is 15.9 Å². The summed E-state index contributed by atoms with van der Waals surface area (Å²) in [4.78, 5) is 15.8. The van der Waals surface area contributed by atoms with Crippen LogP contribution in [0, 0.1) is 5.82 Å². The third-order valence-electron chi connectivity index (χ3n) is 2.82. The van der Waals surface area contributed by atoms with Crippen LogP contribution in [0.1, 0.15) is 17.5 Å². The predicted molar refractivity (Wildman–Crippen MR) is 75.4 cm³/mol. The van der Waals surface area contributed by atoms with Gasteiger partial charge in [-0.15, -0.1) is 0 Å². The van der Waals surface area contributed by atoms with E-state index in [1.165, 1.54) is 6.07 Å². The van der Waals surface area contributed by atoms with Crippen molar-refractivity contribution in [2.24, 2.45) is 0 Å². The van der Waals surface area contributed by atoms with E-state index in [4.69, 9.17) is 0 Å². The standard InChI is InChI=1S/C15H13BrFNO/c16-13-5-4-12(15(17)9-13)8-14(19)6-3-11-2-1-7-18-10-11/h1-2,4-5,7,9-10H,3,6,8H2. The Bertz CT molecular complexity index is 572. The maximum absolute atomic E-state index is 13.6. The number of carbonyl (C=O) groups is 1. The normalized spacial score (nSPS) is 10.4. The highest BCUT2D eigenvalue weighted by Crippen LogP contribution is 2.16. The second-order valence-corrected chi connectivity index (χ2v) is 5.23. The third-order valence-corrected chi connectivity index (χ3v) is 3.31. The van der Waals surface area contributed by atoms with Gasteiger partial charge < -0.3 is 0 Å². The highest BCUT2D eigenvalue weighted by Gasteiger charge is 2.09. The number of rotatable bonds is 5. The van der Waals surface area contributed by atoms with Gasteiger partial charge in [-0.25, -0.2) is 4.39 Å². The van der Waals surface area contributed by atoms with E-state index in [9.17, 15) is 9.18 Å². The highest BCUT2D eigenvalue weighted by molar-refractivity contribution is 9.10. The molecule has 0 atom stereocenters. The topological polar surface area (TPSA) is 30.0 Å². The fourth-order valence-corrected chi connectivity index (χ4v) is 2.13. The van der Waals surface area contributed by atoms with Gasteiger partial charge in [0.2, 0.25) is 0 Å². The molecule has 2 nitrogen and oxygen atoms in total. The van der Waals surface area contributed by atoms with Crippen LogP contribution in [0.3, 0.4) is 0 Å². The average molecular weight is 322 g/mol. The maximum Gasteiger partial charge on any atom is 0.137 e. The quantitative estimate of drug-likeness (QED) is 0.840. The lowest BCUT2D eigenvalue weighted by atomic mass is 10.0. The number of Topliss-reactive ketones (excluding diaryl/α,β-unsaturated/α-hetero) is 1. The van der Waals surface area contributed by atoms with Crippen LogP contribution < -0.4 is 0 Å². The Hall–Kier alpha value is -1.55. The molecule has 0 aliphatic carbocycles. The van der Waals surface area contributed by atoms with Crippen molar-refractivity contribution in [1.82, 2.24) is 4.98 Å². The Labute approximate surface area is 119 Å². The first kappa shape index (κ1) is 13.9. The van der Waals surface area contributed by atoms with Gasteiger partial charge in [0, 0.05) is 29.7 Å². The minimum absolute atomic E-state index is 0.0325. The van der Waals surface area contributed by atoms with Crippen LogP contribution in [0.2, 0.25) is 0 Å². The monoisotopic (exact) mass is 321 g/mol. The van der Waals surface area contributed by atoms with Crippen molar-refractivity contribution in [2.45, 2.75) is 19.3 Å². The Morgan fingerprint density at radius 2 is 2.16 bits per heavy atom. The molecule has 0 aliphatic heterocycles. The molecule has 0 spiro atoms. The highest BCUT2D eigenvalue weighted by atomic mass is 79.9. The van der Waals surface area contributed by atoms with E-state index in [0.717, 1.165) is 5.56 Å². The lowest BCUT2D eigenvalue weighted by Crippen LogP contribution is -2.06. The minimum Gasteiger partial charge on any atom is -0.299 e. The van der Waals surface area contributed by atoms with Crippen molar-refractivity contribution >= 4 is 21.7 Å². The summed E-state index contributed by atoms with van der Waals surface area (Å²) >= 11 is 3.19. The molecule has 98 valence electrons. The number of nitrogens with zero attached hydrogens (tertiary/aromatic N) is 1. The lowest BCUT2D eigenvalue weighted by molar-refractivity contribution is -0.118. The molecule has 1 aromatic carbocycles. The molecular weight excluding hydrogens is 309 g/mol. The molecule has 0 unspecified atom stereocenters. The minimum atomic E-state index is -0.343. The van der Waals surface area contributed by atoms with Gasteiger partial charge in [-0.05, 0) is 35.7 Å². The van der Waals surface area contributed by atoms with Crippen LogP contribution in [-0.2, 0) is 17.6 Å². The van der Waals surface area contributed by atoms with Crippen molar-refractivity contribution in [3.05, 3.63) is 64.1 Å². The number of hydrogen-bond donors (Lipinski definition) is 0. The molecule has 0 saturated carbocycles. The van der Waals surface area contributed by atoms with Crippen molar-refractivity contribution < 1.29 is 9.18 Å². The zero-order chi connectivity index (χ0) is 13.7. The van der Waals surface area contributed by atoms with Crippen LogP contribution in [-0.4, -0.2) is 10.8 Å². The number of halogens is 2. The van der Waals surface area contributed by atoms with Crippen LogP contribution in [0.15, 0.2) is 47.2 Å². The third kappa shape index (κ3) is 4.24. The summed E-state index contributed by atoms with van der Waals surface area (Å²) in [6.07, 6.45) is 4.63. The molecule has 0 amide bonds. The predicted octanol–water partition coefficient (Wildman–Crippen LogP) is 3.73. The molecule has 0 bridgehead atoms. The number of pyridine rings is 1. The molecule has 0 radical (unpaired) electrons. The van der Waals surface area contributed by atoms with Crippen molar-refractivity contribution in [2.75, 3.05) is 0 Å². The largest absolute Gasteiger partial charge is 0.299 e. The summed E-state index contributed by atoms with van der Waals surface area (Å²) in [6.45, 7) is 0. The zero-order valence-electron chi connectivity index (χ0n) is 10.3. The van der Waals surface area contributed by atoms with Gasteiger partial charge in [-0.1, -0.05) is 28.1 Å². The molecule has 0 aliphatic rings. The summed E-state index contributed by atoms with van der Waals surface area (Å²) in [6, 6.07) is 8.53. The molecule has 19 heavy (non-hydrogen) atoms. The Balaban J connectivity index is 1.91. The summed E-state index contributed by atoms with van der Waals surface area (Å²) in [7, 11) is 0. The maximum atomic E-state index is 13.6. The Kier molecular flexibility index (Phi) is 4.80. The Morgan fingerprint density at radius 3 is 2.84 bits per heavy atom. The fourth-order valence-electron chi connectivity index (χ4n) is 1.80. The molecule has 1 aromatic heterocycles. The van der Waals surface area contributed by atoms with Crippen LogP contribution in [0.4, 0.5) is 4.39 Å². The molecule has 2 rings (SSSR count). The first-order chi connectivity index (χ1) is 9.15. The van der Waals surface area contributed by atoms with Gasteiger partial charge in [0.15, 0.2) is 0 Å². The van der Waals surface area contributed by atoms with Crippen molar-refractivity contribution in [3.8, 4) is 0 Å². The average Bonchev–Trinajstić information content (AvgIpc) is 2.41. The van der Waals surface area contributed by atoms with Gasteiger partial charge >= 0.3 is 0 Å². The molecular formula is C15H13BrFNO. The van der Waals surface area contributed by atoms with Gasteiger partial charge in [0.1, 0.15) is 11.6 Å². The number of aromatic nitrogens is 1. The smallest absolute Gasteiger partial charge is 0.137 e. The number of aryl methyl sites for hydroxylation is 1. The molecule has 1 heterocycles. The van der Waals surface area contributed by atoms with Gasteiger partial charge in [0.25, 0.3) is 0 Å². The van der Waals surface area contributed by atoms with E-state index in [0.29, 0.717) is 22.9 Å². The summed E-state index contributed by atoms with van der Waals surface area (Å²) < 4.78 is 14.3. The first-order valence-corrected chi connectivity index (χ1v) is 6.79. The summed E-state index contributed by atoms with van der Waals surface area (Å²) in [5.41, 5.74) is 1.46. The zero-order valence-corrected chi connectivity index (χ0v) is 11.9. The molecule has 2 aromatic rings. The Morgan fingerprint density at radius 1 is 1.32 bits per heavy atom. The van der Waals surface area contributed by atoms with E-state index >= 15 is 0 Å². The van der Waals surface area contributed by atoms with E-state index < -0.39 is 0 Å². The molecule has 4 heteroatoms. The number of benzene rings is 1. The SMILES string of the molecule is O=C(CCc1cccnc1)Cc1ccc(Br)cc1F. The lowest BCUT2D eigenvalue weighted by Gasteiger charge is -2.04.